The zero-order valence-electron chi connectivity index (χ0n) is 10.9. The second kappa shape index (κ2) is 6.39. The number of aromatic nitrogens is 1. The molecule has 1 amide bonds. The Hall–Kier alpha value is -1.36. The zero-order valence-corrected chi connectivity index (χ0v) is 10.9. The smallest absolute Gasteiger partial charge is 0.289 e. The number of methoxy groups -OCH3 is 1. The Labute approximate surface area is 102 Å². The lowest BCUT2D eigenvalue weighted by atomic mass is 10.1. The number of hydrogen-bond acceptors (Lipinski definition) is 4. The summed E-state index contributed by atoms with van der Waals surface area (Å²) in [6.45, 7) is 6.92. The summed E-state index contributed by atoms with van der Waals surface area (Å²) in [6.07, 6.45) is 0.784. The van der Waals surface area contributed by atoms with Gasteiger partial charge in [0.1, 0.15) is 0 Å². The third kappa shape index (κ3) is 3.85. The van der Waals surface area contributed by atoms with Gasteiger partial charge in [-0.2, -0.15) is 0 Å². The average Bonchev–Trinajstić information content (AvgIpc) is 2.66. The Kier molecular flexibility index (Phi) is 5.15. The number of carbonyl (C=O) groups is 1. The van der Waals surface area contributed by atoms with Crippen LogP contribution < -0.4 is 5.32 Å². The molecular formula is C12H20N2O3. The lowest BCUT2D eigenvalue weighted by Crippen LogP contribution is -2.25. The van der Waals surface area contributed by atoms with Gasteiger partial charge in [-0.3, -0.25) is 4.79 Å². The molecule has 1 aromatic heterocycles. The topological polar surface area (TPSA) is 64.4 Å². The highest BCUT2D eigenvalue weighted by atomic mass is 16.5. The van der Waals surface area contributed by atoms with Crippen molar-refractivity contribution in [1.82, 2.24) is 10.3 Å². The van der Waals surface area contributed by atoms with Crippen molar-refractivity contribution in [2.75, 3.05) is 20.3 Å². The maximum absolute atomic E-state index is 11.9. The van der Waals surface area contributed by atoms with E-state index in [2.05, 4.69) is 10.3 Å². The number of carbonyl (C=O) groups excluding carboxylic acids is 1. The lowest BCUT2D eigenvalue weighted by Gasteiger charge is -2.05. The Morgan fingerprint density at radius 1 is 1.53 bits per heavy atom. The summed E-state index contributed by atoms with van der Waals surface area (Å²) >= 11 is 0. The predicted molar refractivity (Wildman–Crippen MR) is 64.2 cm³/mol. The number of rotatable bonds is 6. The zero-order chi connectivity index (χ0) is 12.8. The van der Waals surface area contributed by atoms with E-state index in [0.29, 0.717) is 30.5 Å². The van der Waals surface area contributed by atoms with E-state index in [1.54, 1.807) is 14.0 Å². The fraction of sp³-hybridized carbons (Fsp3) is 0.667. The minimum atomic E-state index is -0.203. The van der Waals surface area contributed by atoms with E-state index < -0.39 is 0 Å². The van der Waals surface area contributed by atoms with Gasteiger partial charge >= 0.3 is 0 Å². The van der Waals surface area contributed by atoms with E-state index in [4.69, 9.17) is 9.15 Å². The van der Waals surface area contributed by atoms with Gasteiger partial charge < -0.3 is 14.5 Å². The van der Waals surface area contributed by atoms with E-state index in [-0.39, 0.29) is 11.8 Å². The Bertz CT molecular complexity index is 372. The predicted octanol–water partition coefficient (Wildman–Crippen LogP) is 1.87. The number of oxazole rings is 1. The molecular weight excluding hydrogens is 220 g/mol. The first-order valence-electron chi connectivity index (χ1n) is 5.80. The molecule has 0 radical (unpaired) electrons. The molecule has 1 rings (SSSR count). The van der Waals surface area contributed by atoms with Crippen molar-refractivity contribution in [1.29, 1.82) is 0 Å². The van der Waals surface area contributed by atoms with E-state index in [9.17, 15) is 4.79 Å². The Morgan fingerprint density at radius 3 is 2.82 bits per heavy atom. The number of nitrogens with one attached hydrogen (secondary N) is 1. The number of aryl methyl sites for hydroxylation is 1. The second-order valence-electron chi connectivity index (χ2n) is 4.20. The number of hydrogen-bond donors (Lipinski definition) is 1. The van der Waals surface area contributed by atoms with Gasteiger partial charge in [0.2, 0.25) is 5.76 Å². The summed E-state index contributed by atoms with van der Waals surface area (Å²) in [7, 11) is 1.64. The number of ether oxygens (including phenoxy) is 1. The quantitative estimate of drug-likeness (QED) is 0.771. The van der Waals surface area contributed by atoms with Crippen LogP contribution in [0.15, 0.2) is 4.42 Å². The second-order valence-corrected chi connectivity index (χ2v) is 4.20. The molecule has 0 aromatic carbocycles. The summed E-state index contributed by atoms with van der Waals surface area (Å²) in [6, 6.07) is 0. The van der Waals surface area contributed by atoms with E-state index in [1.807, 2.05) is 13.8 Å². The summed E-state index contributed by atoms with van der Waals surface area (Å²) in [4.78, 5) is 16.1. The summed E-state index contributed by atoms with van der Waals surface area (Å²) in [5.74, 6) is 0.822. The molecule has 0 saturated heterocycles. The Morgan fingerprint density at radius 2 is 2.24 bits per heavy atom. The van der Waals surface area contributed by atoms with Gasteiger partial charge in [0.15, 0.2) is 5.89 Å². The van der Waals surface area contributed by atoms with Crippen LogP contribution in [0.2, 0.25) is 0 Å². The van der Waals surface area contributed by atoms with Gasteiger partial charge in [0, 0.05) is 27.2 Å². The van der Waals surface area contributed by atoms with Crippen molar-refractivity contribution in [3.05, 3.63) is 17.3 Å². The highest BCUT2D eigenvalue weighted by molar-refractivity contribution is 5.92. The van der Waals surface area contributed by atoms with E-state index in [1.165, 1.54) is 0 Å². The van der Waals surface area contributed by atoms with Gasteiger partial charge in [0.25, 0.3) is 5.91 Å². The van der Waals surface area contributed by atoms with E-state index in [0.717, 1.165) is 6.42 Å². The van der Waals surface area contributed by atoms with Crippen molar-refractivity contribution < 1.29 is 13.9 Å². The standard InChI is InChI=1S/C12H20N2O3/c1-8(2)10-11(17-9(3)14-10)12(15)13-6-5-7-16-4/h8H,5-7H2,1-4H3,(H,13,15). The molecule has 0 aliphatic heterocycles. The summed E-state index contributed by atoms with van der Waals surface area (Å²) in [5, 5.41) is 2.79. The SMILES string of the molecule is COCCCNC(=O)c1oc(C)nc1C(C)C. The first-order valence-corrected chi connectivity index (χ1v) is 5.80. The molecule has 0 fully saturated rings. The van der Waals surface area contributed by atoms with Crippen molar-refractivity contribution in [3.63, 3.8) is 0 Å². The molecule has 0 bridgehead atoms. The largest absolute Gasteiger partial charge is 0.436 e. The summed E-state index contributed by atoms with van der Waals surface area (Å²) in [5.41, 5.74) is 0.715. The van der Waals surface area contributed by atoms with Crippen LogP contribution in [-0.2, 0) is 4.74 Å². The van der Waals surface area contributed by atoms with Crippen LogP contribution >= 0.6 is 0 Å². The Balaban J connectivity index is 2.62. The van der Waals surface area contributed by atoms with Crippen LogP contribution in [0.3, 0.4) is 0 Å². The van der Waals surface area contributed by atoms with Crippen LogP contribution in [0.4, 0.5) is 0 Å². The van der Waals surface area contributed by atoms with Gasteiger partial charge in [-0.05, 0) is 12.3 Å². The average molecular weight is 240 g/mol. The molecule has 0 unspecified atom stereocenters. The van der Waals surface area contributed by atoms with Crippen LogP contribution in [0.5, 0.6) is 0 Å². The molecule has 0 saturated carbocycles. The van der Waals surface area contributed by atoms with Gasteiger partial charge in [-0.25, -0.2) is 4.98 Å². The van der Waals surface area contributed by atoms with E-state index >= 15 is 0 Å². The van der Waals surface area contributed by atoms with Crippen LogP contribution in [0.25, 0.3) is 0 Å². The highest BCUT2D eigenvalue weighted by Gasteiger charge is 2.20. The minimum absolute atomic E-state index is 0.173. The molecule has 5 nitrogen and oxygen atoms in total. The van der Waals surface area contributed by atoms with Crippen LogP contribution in [0, 0.1) is 6.92 Å². The van der Waals surface area contributed by atoms with Crippen molar-refractivity contribution >= 4 is 5.91 Å². The molecule has 1 aromatic rings. The molecule has 0 aliphatic rings. The molecule has 0 atom stereocenters. The highest BCUT2D eigenvalue weighted by Crippen LogP contribution is 2.19. The van der Waals surface area contributed by atoms with Crippen molar-refractivity contribution in [2.24, 2.45) is 0 Å². The third-order valence-corrected chi connectivity index (χ3v) is 2.32. The van der Waals surface area contributed by atoms with Gasteiger partial charge in [-0.1, -0.05) is 13.8 Å². The van der Waals surface area contributed by atoms with Gasteiger partial charge in [0.05, 0.1) is 5.69 Å². The molecule has 1 N–H and O–H groups in total. The first-order chi connectivity index (χ1) is 8.06. The van der Waals surface area contributed by atoms with Gasteiger partial charge in [-0.15, -0.1) is 0 Å². The molecule has 5 heteroatoms. The fourth-order valence-corrected chi connectivity index (χ4v) is 1.50. The molecule has 96 valence electrons. The molecule has 17 heavy (non-hydrogen) atoms. The van der Waals surface area contributed by atoms with Crippen molar-refractivity contribution in [3.8, 4) is 0 Å². The molecule has 0 aliphatic carbocycles. The number of nitrogens with zero attached hydrogens (tertiary/aromatic N) is 1. The molecule has 0 spiro atoms. The lowest BCUT2D eigenvalue weighted by molar-refractivity contribution is 0.0918. The number of amides is 1. The first kappa shape index (κ1) is 13.7. The third-order valence-electron chi connectivity index (χ3n) is 2.32. The monoisotopic (exact) mass is 240 g/mol. The maximum Gasteiger partial charge on any atom is 0.289 e. The minimum Gasteiger partial charge on any atom is -0.436 e. The van der Waals surface area contributed by atoms with Crippen molar-refractivity contribution in [2.45, 2.75) is 33.1 Å². The van der Waals surface area contributed by atoms with Crippen LogP contribution in [-0.4, -0.2) is 31.2 Å². The summed E-state index contributed by atoms with van der Waals surface area (Å²) < 4.78 is 10.2. The van der Waals surface area contributed by atoms with Crippen LogP contribution in [0.1, 0.15) is 48.3 Å². The molecule has 1 heterocycles. The maximum atomic E-state index is 11.9. The normalized spacial score (nSPS) is 10.9. The fourth-order valence-electron chi connectivity index (χ4n) is 1.50.